The quantitative estimate of drug-likeness (QED) is 0.511. The minimum atomic E-state index is 0.762. The summed E-state index contributed by atoms with van der Waals surface area (Å²) < 4.78 is 0. The Morgan fingerprint density at radius 2 is 1.95 bits per heavy atom. The molecule has 0 saturated heterocycles. The number of aromatic nitrogens is 1. The van der Waals surface area contributed by atoms with Crippen molar-refractivity contribution in [2.45, 2.75) is 5.03 Å². The lowest BCUT2D eigenvalue weighted by molar-refractivity contribution is 1.19. The molecule has 0 aliphatic rings. The predicted octanol–water partition coefficient (Wildman–Crippen LogP) is 5.03. The Labute approximate surface area is 127 Å². The minimum Gasteiger partial charge on any atom is -0.384 e. The van der Waals surface area contributed by atoms with E-state index in [2.05, 4.69) is 34.6 Å². The monoisotopic (exact) mass is 302 g/mol. The zero-order valence-corrected chi connectivity index (χ0v) is 12.5. The summed E-state index contributed by atoms with van der Waals surface area (Å²) in [6.45, 7) is 0.903. The highest BCUT2D eigenvalue weighted by Crippen LogP contribution is 2.23. The second-order valence-corrected chi connectivity index (χ2v) is 6.08. The Morgan fingerprint density at radius 3 is 2.80 bits per heavy atom. The number of benzene rings is 2. The fourth-order valence-corrected chi connectivity index (χ4v) is 3.09. The van der Waals surface area contributed by atoms with Gasteiger partial charge in [0.05, 0.1) is 5.03 Å². The zero-order chi connectivity index (χ0) is 13.8. The van der Waals surface area contributed by atoms with Crippen molar-refractivity contribution in [3.63, 3.8) is 0 Å². The first-order chi connectivity index (χ1) is 9.81. The van der Waals surface area contributed by atoms with Crippen LogP contribution in [0.1, 0.15) is 0 Å². The summed E-state index contributed by atoms with van der Waals surface area (Å²) in [6.07, 6.45) is 0. The molecule has 1 aromatic heterocycles. The molecule has 2 nitrogen and oxygen atoms in total. The van der Waals surface area contributed by atoms with Gasteiger partial charge in [-0.2, -0.15) is 0 Å². The van der Waals surface area contributed by atoms with Crippen LogP contribution in [-0.4, -0.2) is 17.3 Å². The normalized spacial score (nSPS) is 10.8. The van der Waals surface area contributed by atoms with Crippen LogP contribution in [0.5, 0.6) is 0 Å². The average Bonchev–Trinajstić information content (AvgIpc) is 2.86. The third-order valence-electron chi connectivity index (χ3n) is 3.02. The molecule has 0 spiro atoms. The van der Waals surface area contributed by atoms with Gasteiger partial charge in [-0.3, -0.25) is 0 Å². The van der Waals surface area contributed by atoms with Crippen LogP contribution in [0.4, 0.5) is 5.69 Å². The molecule has 20 heavy (non-hydrogen) atoms. The molecule has 2 N–H and O–H groups in total. The number of thioether (sulfide) groups is 1. The van der Waals surface area contributed by atoms with Crippen molar-refractivity contribution in [2.75, 3.05) is 17.6 Å². The van der Waals surface area contributed by atoms with Crippen LogP contribution >= 0.6 is 23.4 Å². The van der Waals surface area contributed by atoms with E-state index in [-0.39, 0.29) is 0 Å². The Balaban J connectivity index is 1.52. The summed E-state index contributed by atoms with van der Waals surface area (Å²) in [5.41, 5.74) is 2.26. The number of hydrogen-bond acceptors (Lipinski definition) is 2. The summed E-state index contributed by atoms with van der Waals surface area (Å²) in [7, 11) is 0. The van der Waals surface area contributed by atoms with Crippen molar-refractivity contribution in [3.05, 3.63) is 59.6 Å². The van der Waals surface area contributed by atoms with Gasteiger partial charge in [0, 0.05) is 33.9 Å². The van der Waals surface area contributed by atoms with Crippen LogP contribution in [0, 0.1) is 0 Å². The number of halogens is 1. The maximum Gasteiger partial charge on any atom is 0.0733 e. The van der Waals surface area contributed by atoms with Crippen LogP contribution in [0.25, 0.3) is 10.9 Å². The second kappa shape index (κ2) is 6.25. The molecule has 0 saturated carbocycles. The van der Waals surface area contributed by atoms with Crippen LogP contribution in [0.2, 0.25) is 5.02 Å². The van der Waals surface area contributed by atoms with E-state index in [0.717, 1.165) is 23.0 Å². The fourth-order valence-electron chi connectivity index (χ4n) is 2.08. The van der Waals surface area contributed by atoms with Gasteiger partial charge in [-0.1, -0.05) is 35.9 Å². The van der Waals surface area contributed by atoms with E-state index in [0.29, 0.717) is 0 Å². The highest BCUT2D eigenvalue weighted by atomic mass is 35.5. The van der Waals surface area contributed by atoms with Gasteiger partial charge in [-0.25, -0.2) is 0 Å². The van der Waals surface area contributed by atoms with E-state index in [1.807, 2.05) is 42.1 Å². The molecule has 0 unspecified atom stereocenters. The topological polar surface area (TPSA) is 27.8 Å². The number of fused-ring (bicyclic) bond motifs is 1. The maximum atomic E-state index is 5.95. The number of para-hydroxylation sites is 1. The number of H-pyrrole nitrogens is 1. The van der Waals surface area contributed by atoms with E-state index in [9.17, 15) is 0 Å². The molecule has 3 aromatic rings. The van der Waals surface area contributed by atoms with Crippen molar-refractivity contribution in [2.24, 2.45) is 0 Å². The van der Waals surface area contributed by atoms with E-state index in [4.69, 9.17) is 11.6 Å². The number of hydrogen-bond donors (Lipinski definition) is 2. The molecule has 0 aliphatic carbocycles. The van der Waals surface area contributed by atoms with Gasteiger partial charge >= 0.3 is 0 Å². The van der Waals surface area contributed by atoms with Gasteiger partial charge < -0.3 is 10.3 Å². The third-order valence-corrected chi connectivity index (χ3v) is 4.19. The number of aromatic amines is 1. The maximum absolute atomic E-state index is 5.95. The average molecular weight is 303 g/mol. The molecule has 0 radical (unpaired) electrons. The molecule has 0 fully saturated rings. The molecule has 0 atom stereocenters. The van der Waals surface area contributed by atoms with Crippen molar-refractivity contribution in [3.8, 4) is 0 Å². The molecule has 0 aliphatic heterocycles. The van der Waals surface area contributed by atoms with E-state index in [1.54, 1.807) is 0 Å². The SMILES string of the molecule is Clc1cccc(NCCSc2cc3ccccc3[nH]2)c1. The Kier molecular flexibility index (Phi) is 4.19. The molecule has 1 heterocycles. The van der Waals surface area contributed by atoms with Gasteiger partial charge in [0.15, 0.2) is 0 Å². The first kappa shape index (κ1) is 13.4. The lowest BCUT2D eigenvalue weighted by Gasteiger charge is -2.05. The van der Waals surface area contributed by atoms with Crippen LogP contribution in [0.15, 0.2) is 59.6 Å². The highest BCUT2D eigenvalue weighted by Gasteiger charge is 2.00. The van der Waals surface area contributed by atoms with Crippen molar-refractivity contribution in [1.29, 1.82) is 0 Å². The van der Waals surface area contributed by atoms with Gasteiger partial charge in [0.1, 0.15) is 0 Å². The first-order valence-electron chi connectivity index (χ1n) is 6.51. The largest absolute Gasteiger partial charge is 0.384 e. The van der Waals surface area contributed by atoms with Crippen LogP contribution in [0.3, 0.4) is 0 Å². The van der Waals surface area contributed by atoms with E-state index < -0.39 is 0 Å². The van der Waals surface area contributed by atoms with Crippen LogP contribution < -0.4 is 5.32 Å². The fraction of sp³-hybridized carbons (Fsp3) is 0.125. The number of nitrogens with one attached hydrogen (secondary N) is 2. The smallest absolute Gasteiger partial charge is 0.0733 e. The molecule has 2 aromatic carbocycles. The van der Waals surface area contributed by atoms with Crippen molar-refractivity contribution in [1.82, 2.24) is 4.98 Å². The molecule has 4 heteroatoms. The first-order valence-corrected chi connectivity index (χ1v) is 7.87. The summed E-state index contributed by atoms with van der Waals surface area (Å²) in [5.74, 6) is 0.999. The Hall–Kier alpha value is -1.58. The molecular formula is C16H15ClN2S. The van der Waals surface area contributed by atoms with Gasteiger partial charge in [-0.15, -0.1) is 11.8 Å². The number of anilines is 1. The Morgan fingerprint density at radius 1 is 1.05 bits per heavy atom. The predicted molar refractivity (Wildman–Crippen MR) is 89.0 cm³/mol. The lowest BCUT2D eigenvalue weighted by atomic mass is 10.3. The lowest BCUT2D eigenvalue weighted by Crippen LogP contribution is -2.03. The van der Waals surface area contributed by atoms with Gasteiger partial charge in [-0.05, 0) is 30.3 Å². The summed E-state index contributed by atoms with van der Waals surface area (Å²) in [5, 5.41) is 6.60. The molecular weight excluding hydrogens is 288 g/mol. The van der Waals surface area contributed by atoms with E-state index in [1.165, 1.54) is 15.9 Å². The van der Waals surface area contributed by atoms with Gasteiger partial charge in [0.2, 0.25) is 0 Å². The molecule has 3 rings (SSSR count). The van der Waals surface area contributed by atoms with Crippen LogP contribution in [-0.2, 0) is 0 Å². The second-order valence-electron chi connectivity index (χ2n) is 4.51. The zero-order valence-electron chi connectivity index (χ0n) is 10.9. The standard InChI is InChI=1S/C16H15ClN2S/c17-13-5-3-6-14(11-13)18-8-9-20-16-10-12-4-1-2-7-15(12)19-16/h1-7,10-11,18-19H,8-9H2. The third kappa shape index (κ3) is 3.30. The highest BCUT2D eigenvalue weighted by molar-refractivity contribution is 7.99. The van der Waals surface area contributed by atoms with Crippen molar-refractivity contribution < 1.29 is 0 Å². The van der Waals surface area contributed by atoms with Crippen molar-refractivity contribution >= 4 is 40.0 Å². The molecule has 102 valence electrons. The minimum absolute atomic E-state index is 0.762. The number of rotatable bonds is 5. The van der Waals surface area contributed by atoms with Gasteiger partial charge in [0.25, 0.3) is 0 Å². The summed E-state index contributed by atoms with van der Waals surface area (Å²) >= 11 is 7.77. The Bertz CT molecular complexity index is 675. The summed E-state index contributed by atoms with van der Waals surface area (Å²) in [4.78, 5) is 3.42. The van der Waals surface area contributed by atoms with E-state index >= 15 is 0 Å². The molecule has 0 amide bonds. The molecule has 0 bridgehead atoms. The summed E-state index contributed by atoms with van der Waals surface area (Å²) in [6, 6.07) is 18.3.